The van der Waals surface area contributed by atoms with Crippen molar-refractivity contribution in [1.82, 2.24) is 4.90 Å². The smallest absolute Gasteiger partial charge is 0.229 e. The molecule has 1 heterocycles. The van der Waals surface area contributed by atoms with Crippen LogP contribution in [0.2, 0.25) is 5.02 Å². The fourth-order valence-corrected chi connectivity index (χ4v) is 3.67. The monoisotopic (exact) mass is 360 g/mol. The lowest BCUT2D eigenvalue weighted by atomic mass is 9.97. The fourth-order valence-electron chi connectivity index (χ4n) is 3.49. The zero-order chi connectivity index (χ0) is 17.8. The van der Waals surface area contributed by atoms with Gasteiger partial charge in [0, 0.05) is 30.2 Å². The minimum Gasteiger partial charge on any atom is -0.342 e. The highest BCUT2D eigenvalue weighted by atomic mass is 35.5. The Labute approximate surface area is 154 Å². The van der Waals surface area contributed by atoms with E-state index in [1.807, 2.05) is 24.0 Å². The first-order valence-corrected chi connectivity index (χ1v) is 9.43. The van der Waals surface area contributed by atoms with Crippen LogP contribution in [0, 0.1) is 12.8 Å². The molecule has 1 atom stereocenters. The van der Waals surface area contributed by atoms with E-state index in [1.54, 1.807) is 6.07 Å². The number of likely N-dealkylation sites (tertiary alicyclic amines) is 1. The second-order valence-corrected chi connectivity index (χ2v) is 7.46. The molecule has 0 bridgehead atoms. The van der Waals surface area contributed by atoms with Gasteiger partial charge in [0.1, 0.15) is 0 Å². The zero-order valence-corrected chi connectivity index (χ0v) is 15.4. The molecule has 3 rings (SSSR count). The normalized spacial score (nSPS) is 20.6. The molecule has 0 spiro atoms. The van der Waals surface area contributed by atoms with Crippen molar-refractivity contribution in [2.75, 3.05) is 18.4 Å². The lowest BCUT2D eigenvalue weighted by molar-refractivity contribution is -0.128. The van der Waals surface area contributed by atoms with E-state index in [9.17, 15) is 9.59 Å². The number of hydrogen-bond acceptors (Lipinski definition) is 2. The Morgan fingerprint density at radius 1 is 1.36 bits per heavy atom. The van der Waals surface area contributed by atoms with Crippen molar-refractivity contribution in [3.63, 3.8) is 0 Å². The molecule has 1 aromatic carbocycles. The highest BCUT2D eigenvalue weighted by Crippen LogP contribution is 2.25. The number of allylic oxidation sites excluding steroid dienone is 1. The van der Waals surface area contributed by atoms with Gasteiger partial charge in [-0.15, -0.1) is 0 Å². The van der Waals surface area contributed by atoms with Gasteiger partial charge < -0.3 is 10.2 Å². The standard InChI is InChI=1S/C20H25ClN2O2/c1-14-7-8-17(12-18(14)21)22-20(25)16-11-19(24)23(13-16)10-9-15-5-3-2-4-6-15/h5,7-8,12,16H,2-4,6,9-11,13H2,1H3,(H,22,25). The summed E-state index contributed by atoms with van der Waals surface area (Å²) in [6.07, 6.45) is 8.39. The molecule has 1 aliphatic carbocycles. The molecule has 0 saturated carbocycles. The van der Waals surface area contributed by atoms with Crippen LogP contribution in [-0.2, 0) is 9.59 Å². The number of amides is 2. The van der Waals surface area contributed by atoms with Crippen molar-refractivity contribution in [3.8, 4) is 0 Å². The molecule has 134 valence electrons. The lowest BCUT2D eigenvalue weighted by Crippen LogP contribution is -2.29. The summed E-state index contributed by atoms with van der Waals surface area (Å²) in [4.78, 5) is 26.5. The van der Waals surface area contributed by atoms with Crippen LogP contribution in [0.25, 0.3) is 0 Å². The van der Waals surface area contributed by atoms with E-state index >= 15 is 0 Å². The van der Waals surface area contributed by atoms with Crippen molar-refractivity contribution < 1.29 is 9.59 Å². The molecule has 4 nitrogen and oxygen atoms in total. The second-order valence-electron chi connectivity index (χ2n) is 7.05. The van der Waals surface area contributed by atoms with Crippen molar-refractivity contribution in [2.45, 2.75) is 45.4 Å². The van der Waals surface area contributed by atoms with Crippen LogP contribution in [0.3, 0.4) is 0 Å². The lowest BCUT2D eigenvalue weighted by Gasteiger charge is -2.19. The van der Waals surface area contributed by atoms with E-state index in [0.717, 1.165) is 31.4 Å². The van der Waals surface area contributed by atoms with Crippen LogP contribution in [0.1, 0.15) is 44.1 Å². The van der Waals surface area contributed by atoms with Crippen LogP contribution in [0.15, 0.2) is 29.8 Å². The molecule has 1 aliphatic heterocycles. The van der Waals surface area contributed by atoms with Gasteiger partial charge in [-0.05, 0) is 56.7 Å². The van der Waals surface area contributed by atoms with E-state index in [1.165, 1.54) is 18.4 Å². The topological polar surface area (TPSA) is 49.4 Å². The van der Waals surface area contributed by atoms with E-state index in [2.05, 4.69) is 11.4 Å². The van der Waals surface area contributed by atoms with Gasteiger partial charge in [0.15, 0.2) is 0 Å². The average Bonchev–Trinajstić information content (AvgIpc) is 2.98. The molecule has 1 N–H and O–H groups in total. The van der Waals surface area contributed by atoms with Gasteiger partial charge in [-0.2, -0.15) is 0 Å². The van der Waals surface area contributed by atoms with E-state index in [0.29, 0.717) is 23.7 Å². The van der Waals surface area contributed by atoms with Crippen molar-refractivity contribution in [2.24, 2.45) is 5.92 Å². The molecule has 2 amide bonds. The Morgan fingerprint density at radius 2 is 2.20 bits per heavy atom. The third-order valence-corrected chi connectivity index (χ3v) is 5.52. The number of halogens is 1. The highest BCUT2D eigenvalue weighted by molar-refractivity contribution is 6.31. The SMILES string of the molecule is Cc1ccc(NC(=O)C2CC(=O)N(CCC3=CCCCC3)C2)cc1Cl. The van der Waals surface area contributed by atoms with Crippen LogP contribution in [0.5, 0.6) is 0 Å². The van der Waals surface area contributed by atoms with Crippen molar-refractivity contribution in [1.29, 1.82) is 0 Å². The number of benzene rings is 1. The highest BCUT2D eigenvalue weighted by Gasteiger charge is 2.34. The molecular weight excluding hydrogens is 336 g/mol. The predicted molar refractivity (Wildman–Crippen MR) is 101 cm³/mol. The Morgan fingerprint density at radius 3 is 2.92 bits per heavy atom. The van der Waals surface area contributed by atoms with Gasteiger partial charge in [0.2, 0.25) is 11.8 Å². The molecule has 2 aliphatic rings. The fraction of sp³-hybridized carbons (Fsp3) is 0.500. The van der Waals surface area contributed by atoms with Crippen molar-refractivity contribution >= 4 is 29.1 Å². The summed E-state index contributed by atoms with van der Waals surface area (Å²) in [6.45, 7) is 3.16. The first-order valence-electron chi connectivity index (χ1n) is 9.05. The average molecular weight is 361 g/mol. The largest absolute Gasteiger partial charge is 0.342 e. The number of carbonyl (C=O) groups is 2. The van der Waals surface area contributed by atoms with Crippen LogP contribution < -0.4 is 5.32 Å². The van der Waals surface area contributed by atoms with Gasteiger partial charge in [0.05, 0.1) is 5.92 Å². The number of carbonyl (C=O) groups excluding carboxylic acids is 2. The maximum absolute atomic E-state index is 12.5. The van der Waals surface area contributed by atoms with Gasteiger partial charge >= 0.3 is 0 Å². The quantitative estimate of drug-likeness (QED) is 0.795. The summed E-state index contributed by atoms with van der Waals surface area (Å²) in [6, 6.07) is 5.46. The summed E-state index contributed by atoms with van der Waals surface area (Å²) in [5, 5.41) is 3.51. The first-order chi connectivity index (χ1) is 12.0. The van der Waals surface area contributed by atoms with Gasteiger partial charge in [-0.25, -0.2) is 0 Å². The van der Waals surface area contributed by atoms with E-state index in [-0.39, 0.29) is 17.7 Å². The molecule has 1 aromatic rings. The van der Waals surface area contributed by atoms with Gasteiger partial charge in [0.25, 0.3) is 0 Å². The maximum Gasteiger partial charge on any atom is 0.229 e. The second kappa shape index (κ2) is 8.05. The predicted octanol–water partition coefficient (Wildman–Crippen LogP) is 4.33. The Hall–Kier alpha value is -1.81. The summed E-state index contributed by atoms with van der Waals surface area (Å²) < 4.78 is 0. The molecule has 0 aromatic heterocycles. The van der Waals surface area contributed by atoms with Crippen LogP contribution >= 0.6 is 11.6 Å². The Kier molecular flexibility index (Phi) is 5.79. The van der Waals surface area contributed by atoms with Crippen molar-refractivity contribution in [3.05, 3.63) is 40.4 Å². The molecule has 5 heteroatoms. The van der Waals surface area contributed by atoms with Crippen LogP contribution in [0.4, 0.5) is 5.69 Å². The number of aryl methyl sites for hydroxylation is 1. The molecule has 1 fully saturated rings. The number of anilines is 1. The van der Waals surface area contributed by atoms with Crippen LogP contribution in [-0.4, -0.2) is 29.8 Å². The third-order valence-electron chi connectivity index (χ3n) is 5.11. The van der Waals surface area contributed by atoms with Gasteiger partial charge in [-0.1, -0.05) is 29.3 Å². The number of rotatable bonds is 5. The molecule has 0 radical (unpaired) electrons. The summed E-state index contributed by atoms with van der Waals surface area (Å²) in [5.74, 6) is -0.306. The molecule has 1 saturated heterocycles. The maximum atomic E-state index is 12.5. The Balaban J connectivity index is 1.53. The first kappa shape index (κ1) is 18.0. The molecule has 1 unspecified atom stereocenters. The molecule has 25 heavy (non-hydrogen) atoms. The van der Waals surface area contributed by atoms with E-state index in [4.69, 9.17) is 11.6 Å². The summed E-state index contributed by atoms with van der Waals surface area (Å²) >= 11 is 6.10. The Bertz CT molecular complexity index is 699. The summed E-state index contributed by atoms with van der Waals surface area (Å²) in [7, 11) is 0. The zero-order valence-electron chi connectivity index (χ0n) is 14.7. The third kappa shape index (κ3) is 4.63. The minimum atomic E-state index is -0.284. The van der Waals surface area contributed by atoms with E-state index < -0.39 is 0 Å². The number of nitrogens with one attached hydrogen (secondary N) is 1. The minimum absolute atomic E-state index is 0.0819. The number of hydrogen-bond donors (Lipinski definition) is 1. The number of nitrogens with zero attached hydrogens (tertiary/aromatic N) is 1. The summed E-state index contributed by atoms with van der Waals surface area (Å²) in [5.41, 5.74) is 3.11. The van der Waals surface area contributed by atoms with Gasteiger partial charge in [-0.3, -0.25) is 9.59 Å². The molecular formula is C20H25ClN2O2.